The number of nitrogens with zero attached hydrogens (tertiary/aromatic N) is 1. The highest BCUT2D eigenvalue weighted by atomic mass is 15.1. The van der Waals surface area contributed by atoms with E-state index in [1.54, 1.807) is 0 Å². The zero-order chi connectivity index (χ0) is 10.1. The van der Waals surface area contributed by atoms with E-state index in [4.69, 9.17) is 0 Å². The molecule has 3 heteroatoms. The summed E-state index contributed by atoms with van der Waals surface area (Å²) in [6.45, 7) is 1.14. The molecule has 0 aromatic carbocycles. The number of nitrogens with one attached hydrogen (secondary N) is 2. The molecule has 15 heavy (non-hydrogen) atoms. The molecule has 1 saturated heterocycles. The molecule has 2 heterocycles. The van der Waals surface area contributed by atoms with Gasteiger partial charge in [-0.1, -0.05) is 6.07 Å². The zero-order valence-electron chi connectivity index (χ0n) is 8.87. The maximum Gasteiger partial charge on any atom is 0.130 e. The normalized spacial score (nSPS) is 25.5. The number of anilines is 1. The minimum absolute atomic E-state index is 0.514. The molecule has 80 valence electrons. The molecular formula is C12H17N3. The van der Waals surface area contributed by atoms with Gasteiger partial charge in [-0.25, -0.2) is 4.98 Å². The number of pyridine rings is 1. The lowest BCUT2D eigenvalue weighted by molar-refractivity contribution is 0.646. The van der Waals surface area contributed by atoms with E-state index in [2.05, 4.69) is 21.7 Å². The molecule has 1 atom stereocenters. The van der Waals surface area contributed by atoms with Gasteiger partial charge in [-0.15, -0.1) is 0 Å². The summed E-state index contributed by atoms with van der Waals surface area (Å²) in [5.41, 5.74) is 1.35. The van der Waals surface area contributed by atoms with Gasteiger partial charge in [0.05, 0.1) is 0 Å². The van der Waals surface area contributed by atoms with Gasteiger partial charge in [0.1, 0.15) is 5.82 Å². The van der Waals surface area contributed by atoms with Crippen molar-refractivity contribution in [1.29, 1.82) is 0 Å². The first-order chi connectivity index (χ1) is 7.43. The van der Waals surface area contributed by atoms with E-state index in [9.17, 15) is 0 Å². The van der Waals surface area contributed by atoms with Crippen LogP contribution in [-0.4, -0.2) is 17.6 Å². The lowest BCUT2D eigenvalue weighted by Crippen LogP contribution is -2.16. The summed E-state index contributed by atoms with van der Waals surface area (Å²) >= 11 is 0. The number of hydrogen-bond donors (Lipinski definition) is 2. The van der Waals surface area contributed by atoms with Crippen molar-refractivity contribution in [3.8, 4) is 0 Å². The fraction of sp³-hybridized carbons (Fsp3) is 0.583. The molecule has 2 fully saturated rings. The molecule has 1 aromatic heterocycles. The van der Waals surface area contributed by atoms with Crippen LogP contribution < -0.4 is 10.6 Å². The van der Waals surface area contributed by atoms with Crippen molar-refractivity contribution in [1.82, 2.24) is 10.3 Å². The topological polar surface area (TPSA) is 37.0 Å². The fourth-order valence-electron chi connectivity index (χ4n) is 2.19. The Hall–Kier alpha value is -1.09. The van der Waals surface area contributed by atoms with Gasteiger partial charge in [0, 0.05) is 23.8 Å². The first kappa shape index (κ1) is 9.16. The second kappa shape index (κ2) is 3.81. The van der Waals surface area contributed by atoms with Crippen LogP contribution >= 0.6 is 0 Å². The number of rotatable bonds is 3. The summed E-state index contributed by atoms with van der Waals surface area (Å²) in [6.07, 6.45) is 7.00. The average molecular weight is 203 g/mol. The molecule has 3 nitrogen and oxygen atoms in total. The smallest absolute Gasteiger partial charge is 0.130 e. The Kier molecular flexibility index (Phi) is 2.33. The molecule has 1 aliphatic heterocycles. The standard InChI is InChI=1S/C12H17N3/c1-3-10(11-4-2-7-13-11)12(14-8-1)15-9-5-6-9/h1,3,8-9,11,13H,2,4-7H2,(H,14,15)/t11-/m0/s1. The van der Waals surface area contributed by atoms with E-state index in [0.29, 0.717) is 12.1 Å². The third-order valence-electron chi connectivity index (χ3n) is 3.19. The molecule has 0 unspecified atom stereocenters. The number of hydrogen-bond acceptors (Lipinski definition) is 3. The van der Waals surface area contributed by atoms with Gasteiger partial charge < -0.3 is 10.6 Å². The first-order valence-corrected chi connectivity index (χ1v) is 5.88. The third-order valence-corrected chi connectivity index (χ3v) is 3.19. The molecule has 2 N–H and O–H groups in total. The monoisotopic (exact) mass is 203 g/mol. The van der Waals surface area contributed by atoms with E-state index in [-0.39, 0.29) is 0 Å². The molecule has 3 rings (SSSR count). The third kappa shape index (κ3) is 1.97. The van der Waals surface area contributed by atoms with Gasteiger partial charge >= 0.3 is 0 Å². The lowest BCUT2D eigenvalue weighted by atomic mass is 10.1. The van der Waals surface area contributed by atoms with Crippen molar-refractivity contribution in [2.45, 2.75) is 37.8 Å². The summed E-state index contributed by atoms with van der Waals surface area (Å²) in [5.74, 6) is 1.10. The maximum absolute atomic E-state index is 4.45. The van der Waals surface area contributed by atoms with Crippen LogP contribution in [0.15, 0.2) is 18.3 Å². The molecule has 0 bridgehead atoms. The van der Waals surface area contributed by atoms with Crippen molar-refractivity contribution in [3.63, 3.8) is 0 Å². The van der Waals surface area contributed by atoms with Gasteiger partial charge in [-0.2, -0.15) is 0 Å². The number of aromatic nitrogens is 1. The van der Waals surface area contributed by atoms with E-state index in [1.807, 2.05) is 12.3 Å². The van der Waals surface area contributed by atoms with Gasteiger partial charge in [-0.05, 0) is 38.3 Å². The summed E-state index contributed by atoms with van der Waals surface area (Å²) in [6, 6.07) is 5.42. The highest BCUT2D eigenvalue weighted by Gasteiger charge is 2.25. The highest BCUT2D eigenvalue weighted by Crippen LogP contribution is 2.31. The molecule has 2 aliphatic rings. The van der Waals surface area contributed by atoms with Crippen LogP contribution in [-0.2, 0) is 0 Å². The van der Waals surface area contributed by atoms with Crippen molar-refractivity contribution in [2.75, 3.05) is 11.9 Å². The van der Waals surface area contributed by atoms with Crippen molar-refractivity contribution in [2.24, 2.45) is 0 Å². The minimum atomic E-state index is 0.514. The predicted octanol–water partition coefficient (Wildman–Crippen LogP) is 2.08. The van der Waals surface area contributed by atoms with Crippen molar-refractivity contribution in [3.05, 3.63) is 23.9 Å². The van der Waals surface area contributed by atoms with Crippen LogP contribution in [0.1, 0.15) is 37.3 Å². The minimum Gasteiger partial charge on any atom is -0.367 e. The van der Waals surface area contributed by atoms with E-state index < -0.39 is 0 Å². The van der Waals surface area contributed by atoms with Crippen LogP contribution in [0.2, 0.25) is 0 Å². The van der Waals surface area contributed by atoms with Crippen molar-refractivity contribution < 1.29 is 0 Å². The zero-order valence-corrected chi connectivity index (χ0v) is 8.87. The second-order valence-corrected chi connectivity index (χ2v) is 4.51. The molecule has 0 radical (unpaired) electrons. The van der Waals surface area contributed by atoms with Crippen LogP contribution in [0.5, 0.6) is 0 Å². The Labute approximate surface area is 90.3 Å². The highest BCUT2D eigenvalue weighted by molar-refractivity contribution is 5.47. The Balaban J connectivity index is 1.83. The predicted molar refractivity (Wildman–Crippen MR) is 60.9 cm³/mol. The Morgan fingerprint density at radius 3 is 3.00 bits per heavy atom. The summed E-state index contributed by atoms with van der Waals surface area (Å²) in [7, 11) is 0. The Morgan fingerprint density at radius 2 is 2.27 bits per heavy atom. The van der Waals surface area contributed by atoms with Gasteiger partial charge in [0.2, 0.25) is 0 Å². The Bertz CT molecular complexity index is 340. The quantitative estimate of drug-likeness (QED) is 0.789. The van der Waals surface area contributed by atoms with Crippen LogP contribution in [0.4, 0.5) is 5.82 Å². The summed E-state index contributed by atoms with van der Waals surface area (Å²) < 4.78 is 0. The molecule has 0 spiro atoms. The molecular weight excluding hydrogens is 186 g/mol. The van der Waals surface area contributed by atoms with Gasteiger partial charge in [0.25, 0.3) is 0 Å². The molecule has 1 aliphatic carbocycles. The SMILES string of the molecule is c1cnc(NC2CC2)c([C@@H]2CCCN2)c1. The summed E-state index contributed by atoms with van der Waals surface area (Å²) in [5, 5.41) is 7.04. The van der Waals surface area contributed by atoms with E-state index in [1.165, 1.54) is 31.2 Å². The van der Waals surface area contributed by atoms with Crippen molar-refractivity contribution >= 4 is 5.82 Å². The van der Waals surface area contributed by atoms with Gasteiger partial charge in [-0.3, -0.25) is 0 Å². The molecule has 1 aromatic rings. The molecule has 1 saturated carbocycles. The average Bonchev–Trinajstić information content (AvgIpc) is 2.93. The summed E-state index contributed by atoms with van der Waals surface area (Å²) in [4.78, 5) is 4.45. The van der Waals surface area contributed by atoms with E-state index in [0.717, 1.165) is 12.4 Å². The second-order valence-electron chi connectivity index (χ2n) is 4.51. The largest absolute Gasteiger partial charge is 0.367 e. The first-order valence-electron chi connectivity index (χ1n) is 5.88. The van der Waals surface area contributed by atoms with Crippen LogP contribution in [0.3, 0.4) is 0 Å². The van der Waals surface area contributed by atoms with E-state index >= 15 is 0 Å². The molecule has 0 amide bonds. The van der Waals surface area contributed by atoms with Gasteiger partial charge in [0.15, 0.2) is 0 Å². The fourth-order valence-corrected chi connectivity index (χ4v) is 2.19. The lowest BCUT2D eigenvalue weighted by Gasteiger charge is -2.15. The maximum atomic E-state index is 4.45. The van der Waals surface area contributed by atoms with Crippen LogP contribution in [0.25, 0.3) is 0 Å². The Morgan fingerprint density at radius 1 is 1.33 bits per heavy atom. The van der Waals surface area contributed by atoms with Crippen LogP contribution in [0, 0.1) is 0 Å².